The Balaban J connectivity index is 2.89. The number of benzene rings is 1. The number of aliphatic carboxylic acids is 1. The van der Waals surface area contributed by atoms with Gasteiger partial charge in [-0.05, 0) is 36.6 Å². The van der Waals surface area contributed by atoms with Crippen molar-refractivity contribution < 1.29 is 14.7 Å². The van der Waals surface area contributed by atoms with E-state index in [1.54, 1.807) is 26.0 Å². The van der Waals surface area contributed by atoms with Crippen molar-refractivity contribution >= 4 is 33.5 Å². The van der Waals surface area contributed by atoms with Gasteiger partial charge < -0.3 is 10.4 Å². The van der Waals surface area contributed by atoms with Gasteiger partial charge in [0.05, 0.1) is 0 Å². The van der Waals surface area contributed by atoms with Crippen molar-refractivity contribution in [2.75, 3.05) is 5.32 Å². The molecule has 0 saturated heterocycles. The summed E-state index contributed by atoms with van der Waals surface area (Å²) < 4.78 is 0.914. The molecular weight excluding hydrogens is 298 g/mol. The summed E-state index contributed by atoms with van der Waals surface area (Å²) in [5, 5.41) is 11.7. The molecule has 0 fully saturated rings. The highest BCUT2D eigenvalue weighted by molar-refractivity contribution is 9.10. The van der Waals surface area contributed by atoms with E-state index in [1.807, 2.05) is 13.0 Å². The maximum atomic E-state index is 11.9. The van der Waals surface area contributed by atoms with E-state index in [0.717, 1.165) is 10.0 Å². The number of aryl methyl sites for hydroxylation is 1. The van der Waals surface area contributed by atoms with Crippen molar-refractivity contribution in [1.82, 2.24) is 0 Å². The van der Waals surface area contributed by atoms with Crippen molar-refractivity contribution in [3.05, 3.63) is 28.2 Å². The van der Waals surface area contributed by atoms with E-state index in [1.165, 1.54) is 0 Å². The topological polar surface area (TPSA) is 66.4 Å². The zero-order valence-corrected chi connectivity index (χ0v) is 12.1. The van der Waals surface area contributed by atoms with Crippen LogP contribution >= 0.6 is 15.9 Å². The smallest absolute Gasteiger partial charge is 0.316 e. The Hall–Kier alpha value is -1.36. The van der Waals surface area contributed by atoms with Crippen LogP contribution in [-0.2, 0) is 9.59 Å². The number of carboxylic acid groups (broad SMARTS) is 1. The number of halogens is 1. The van der Waals surface area contributed by atoms with Gasteiger partial charge in [0.25, 0.3) is 0 Å². The molecule has 0 aliphatic carbocycles. The largest absolute Gasteiger partial charge is 0.481 e. The molecule has 5 heteroatoms. The molecule has 1 rings (SSSR count). The van der Waals surface area contributed by atoms with Gasteiger partial charge in [0.1, 0.15) is 5.92 Å². The van der Waals surface area contributed by atoms with Gasteiger partial charge in [0.2, 0.25) is 5.91 Å². The molecule has 18 heavy (non-hydrogen) atoms. The molecule has 0 saturated carbocycles. The molecule has 1 unspecified atom stereocenters. The number of hydrogen-bond donors (Lipinski definition) is 2. The lowest BCUT2D eigenvalue weighted by Crippen LogP contribution is -2.33. The van der Waals surface area contributed by atoms with Gasteiger partial charge in [0.15, 0.2) is 0 Å². The molecule has 1 aromatic carbocycles. The van der Waals surface area contributed by atoms with Gasteiger partial charge in [-0.25, -0.2) is 0 Å². The average molecular weight is 314 g/mol. The minimum atomic E-state index is -1.10. The number of amides is 1. The van der Waals surface area contributed by atoms with Crippen LogP contribution in [0.5, 0.6) is 0 Å². The van der Waals surface area contributed by atoms with Gasteiger partial charge in [0, 0.05) is 10.2 Å². The van der Waals surface area contributed by atoms with Crippen LogP contribution in [0.1, 0.15) is 19.4 Å². The zero-order valence-electron chi connectivity index (χ0n) is 10.5. The van der Waals surface area contributed by atoms with Gasteiger partial charge in [-0.1, -0.05) is 29.8 Å². The molecule has 1 amide bonds. The zero-order chi connectivity index (χ0) is 13.9. The molecule has 0 spiro atoms. The number of nitrogens with one attached hydrogen (secondary N) is 1. The lowest BCUT2D eigenvalue weighted by Gasteiger charge is -2.17. The Bertz CT molecular complexity index is 471. The van der Waals surface area contributed by atoms with E-state index in [2.05, 4.69) is 21.2 Å². The van der Waals surface area contributed by atoms with Crippen molar-refractivity contribution in [1.29, 1.82) is 0 Å². The molecule has 0 aliphatic heterocycles. The Kier molecular flexibility index (Phi) is 4.90. The maximum Gasteiger partial charge on any atom is 0.316 e. The summed E-state index contributed by atoms with van der Waals surface area (Å²) in [6, 6.07) is 5.41. The second-order valence-electron chi connectivity index (χ2n) is 4.51. The lowest BCUT2D eigenvalue weighted by molar-refractivity contribution is -0.147. The van der Waals surface area contributed by atoms with E-state index in [-0.39, 0.29) is 5.92 Å². The minimum absolute atomic E-state index is 0.252. The monoisotopic (exact) mass is 313 g/mol. The average Bonchev–Trinajstić information content (AvgIpc) is 2.21. The van der Waals surface area contributed by atoms with Crippen LogP contribution in [0.25, 0.3) is 0 Å². The molecule has 0 heterocycles. The third-order valence-electron chi connectivity index (χ3n) is 2.66. The summed E-state index contributed by atoms with van der Waals surface area (Å²) in [4.78, 5) is 23.0. The highest BCUT2D eigenvalue weighted by atomic mass is 79.9. The summed E-state index contributed by atoms with van der Waals surface area (Å²) in [5.74, 6) is -2.87. The van der Waals surface area contributed by atoms with E-state index in [0.29, 0.717) is 5.69 Å². The van der Waals surface area contributed by atoms with Crippen molar-refractivity contribution in [2.45, 2.75) is 20.8 Å². The van der Waals surface area contributed by atoms with Crippen molar-refractivity contribution in [3.63, 3.8) is 0 Å². The molecule has 0 aromatic heterocycles. The molecule has 1 atom stereocenters. The third kappa shape index (κ3) is 3.57. The predicted octanol–water partition coefficient (Wildman–Crippen LogP) is 3.05. The lowest BCUT2D eigenvalue weighted by atomic mass is 9.95. The highest BCUT2D eigenvalue weighted by Gasteiger charge is 2.29. The van der Waals surface area contributed by atoms with Gasteiger partial charge in [-0.15, -0.1) is 0 Å². The van der Waals surface area contributed by atoms with Crippen LogP contribution in [0, 0.1) is 18.8 Å². The molecule has 1 aromatic rings. The predicted molar refractivity (Wildman–Crippen MR) is 73.5 cm³/mol. The first-order chi connectivity index (χ1) is 8.32. The summed E-state index contributed by atoms with van der Waals surface area (Å²) in [7, 11) is 0. The number of carbonyl (C=O) groups is 2. The minimum Gasteiger partial charge on any atom is -0.481 e. The molecule has 0 bridgehead atoms. The number of hydrogen-bond acceptors (Lipinski definition) is 2. The van der Waals surface area contributed by atoms with Gasteiger partial charge >= 0.3 is 5.97 Å². The number of anilines is 1. The second-order valence-corrected chi connectivity index (χ2v) is 5.42. The highest BCUT2D eigenvalue weighted by Crippen LogP contribution is 2.22. The summed E-state index contributed by atoms with van der Waals surface area (Å²) in [6.45, 7) is 5.28. The summed E-state index contributed by atoms with van der Waals surface area (Å²) in [6.07, 6.45) is 0. The third-order valence-corrected chi connectivity index (χ3v) is 3.15. The second kappa shape index (κ2) is 6.00. The number of carbonyl (C=O) groups excluding carboxylic acids is 1. The number of rotatable bonds is 4. The van der Waals surface area contributed by atoms with E-state index < -0.39 is 17.8 Å². The fourth-order valence-corrected chi connectivity index (χ4v) is 2.15. The summed E-state index contributed by atoms with van der Waals surface area (Å²) >= 11 is 3.33. The Morgan fingerprint density at radius 2 is 1.94 bits per heavy atom. The standard InChI is InChI=1S/C13H16BrNO3/c1-7(2)11(13(17)18)12(16)15-10-5-4-9(14)6-8(10)3/h4-7,11H,1-3H3,(H,15,16)(H,17,18). The van der Waals surface area contributed by atoms with E-state index in [4.69, 9.17) is 5.11 Å². The van der Waals surface area contributed by atoms with Gasteiger partial charge in [-0.3, -0.25) is 9.59 Å². The normalized spacial score (nSPS) is 12.3. The maximum absolute atomic E-state index is 11.9. The Morgan fingerprint density at radius 3 is 2.39 bits per heavy atom. The first kappa shape index (κ1) is 14.7. The van der Waals surface area contributed by atoms with Gasteiger partial charge in [-0.2, -0.15) is 0 Å². The SMILES string of the molecule is Cc1cc(Br)ccc1NC(=O)C(C(=O)O)C(C)C. The summed E-state index contributed by atoms with van der Waals surface area (Å²) in [5.41, 5.74) is 1.51. The first-order valence-electron chi connectivity index (χ1n) is 5.62. The van der Waals surface area contributed by atoms with Crippen LogP contribution in [0.4, 0.5) is 5.69 Å². The molecular formula is C13H16BrNO3. The van der Waals surface area contributed by atoms with Crippen LogP contribution in [0.15, 0.2) is 22.7 Å². The van der Waals surface area contributed by atoms with Crippen LogP contribution in [-0.4, -0.2) is 17.0 Å². The molecule has 2 N–H and O–H groups in total. The quantitative estimate of drug-likeness (QED) is 0.840. The van der Waals surface area contributed by atoms with Crippen LogP contribution in [0.3, 0.4) is 0 Å². The van der Waals surface area contributed by atoms with Crippen LogP contribution < -0.4 is 5.32 Å². The number of carboxylic acids is 1. The molecule has 4 nitrogen and oxygen atoms in total. The first-order valence-corrected chi connectivity index (χ1v) is 6.42. The van der Waals surface area contributed by atoms with Crippen LogP contribution in [0.2, 0.25) is 0 Å². The van der Waals surface area contributed by atoms with Crippen molar-refractivity contribution in [2.24, 2.45) is 11.8 Å². The fraction of sp³-hybridized carbons (Fsp3) is 0.385. The Morgan fingerprint density at radius 1 is 1.33 bits per heavy atom. The van der Waals surface area contributed by atoms with E-state index >= 15 is 0 Å². The fourth-order valence-electron chi connectivity index (χ4n) is 1.68. The Labute approximate surface area is 115 Å². The molecule has 98 valence electrons. The molecule has 0 radical (unpaired) electrons. The van der Waals surface area contributed by atoms with E-state index in [9.17, 15) is 9.59 Å². The molecule has 0 aliphatic rings. The van der Waals surface area contributed by atoms with Crippen molar-refractivity contribution in [3.8, 4) is 0 Å².